The van der Waals surface area contributed by atoms with E-state index in [1.807, 2.05) is 54.6 Å². The van der Waals surface area contributed by atoms with E-state index in [0.29, 0.717) is 17.7 Å². The predicted molar refractivity (Wildman–Crippen MR) is 89.6 cm³/mol. The minimum atomic E-state index is 0.0386. The van der Waals surface area contributed by atoms with Gasteiger partial charge in [-0.25, -0.2) is 0 Å². The van der Waals surface area contributed by atoms with Gasteiger partial charge in [0.1, 0.15) is 5.75 Å². The Morgan fingerprint density at radius 3 is 2.27 bits per heavy atom. The van der Waals surface area contributed by atoms with Crippen molar-refractivity contribution in [1.82, 2.24) is 4.90 Å². The molecule has 0 amide bonds. The van der Waals surface area contributed by atoms with E-state index in [9.17, 15) is 4.79 Å². The van der Waals surface area contributed by atoms with Crippen molar-refractivity contribution in [1.29, 1.82) is 0 Å². The highest BCUT2D eigenvalue weighted by Crippen LogP contribution is 2.15. The van der Waals surface area contributed by atoms with Crippen LogP contribution < -0.4 is 4.74 Å². The van der Waals surface area contributed by atoms with E-state index in [0.717, 1.165) is 25.3 Å². The van der Waals surface area contributed by atoms with Crippen LogP contribution in [0.4, 0.5) is 0 Å². The molecule has 2 aromatic carbocycles. The van der Waals surface area contributed by atoms with Crippen molar-refractivity contribution < 1.29 is 9.53 Å². The first-order valence-electron chi connectivity index (χ1n) is 7.72. The van der Waals surface area contributed by atoms with Crippen molar-refractivity contribution >= 4 is 5.78 Å². The summed E-state index contributed by atoms with van der Waals surface area (Å²) in [5.41, 5.74) is 1.39. The highest BCUT2D eigenvalue weighted by atomic mass is 16.5. The Morgan fingerprint density at radius 1 is 1.00 bits per heavy atom. The van der Waals surface area contributed by atoms with Crippen LogP contribution >= 0.6 is 0 Å². The molecule has 0 aliphatic heterocycles. The number of hydrogen-bond acceptors (Lipinski definition) is 3. The van der Waals surface area contributed by atoms with Crippen molar-refractivity contribution in [3.63, 3.8) is 0 Å². The average molecular weight is 297 g/mol. The second kappa shape index (κ2) is 8.35. The maximum Gasteiger partial charge on any atom is 0.193 e. The molecule has 0 spiro atoms. The number of carbonyl (C=O) groups excluding carboxylic acids is 1. The van der Waals surface area contributed by atoms with Crippen LogP contribution in [0.1, 0.15) is 29.3 Å². The van der Waals surface area contributed by atoms with E-state index < -0.39 is 0 Å². The highest BCUT2D eigenvalue weighted by molar-refractivity contribution is 6.08. The van der Waals surface area contributed by atoms with Gasteiger partial charge in [0.15, 0.2) is 5.78 Å². The molecule has 22 heavy (non-hydrogen) atoms. The van der Waals surface area contributed by atoms with E-state index in [2.05, 4.69) is 18.9 Å². The molecule has 0 saturated carbocycles. The van der Waals surface area contributed by atoms with Crippen LogP contribution in [0.5, 0.6) is 5.75 Å². The summed E-state index contributed by atoms with van der Waals surface area (Å²) in [5, 5.41) is 0. The maximum atomic E-state index is 12.3. The minimum absolute atomic E-state index is 0.0386. The fourth-order valence-electron chi connectivity index (χ4n) is 2.14. The molecule has 0 N–H and O–H groups in total. The topological polar surface area (TPSA) is 29.5 Å². The van der Waals surface area contributed by atoms with E-state index in [1.165, 1.54) is 0 Å². The van der Waals surface area contributed by atoms with Crippen LogP contribution in [0.3, 0.4) is 0 Å². The van der Waals surface area contributed by atoms with Crippen molar-refractivity contribution in [2.24, 2.45) is 0 Å². The molecule has 0 aromatic heterocycles. The van der Waals surface area contributed by atoms with Crippen LogP contribution in [-0.4, -0.2) is 37.4 Å². The van der Waals surface area contributed by atoms with Gasteiger partial charge in [-0.1, -0.05) is 37.3 Å². The van der Waals surface area contributed by atoms with Gasteiger partial charge in [-0.2, -0.15) is 0 Å². The van der Waals surface area contributed by atoms with Gasteiger partial charge < -0.3 is 9.64 Å². The molecule has 0 bridgehead atoms. The second-order valence-corrected chi connectivity index (χ2v) is 5.32. The summed E-state index contributed by atoms with van der Waals surface area (Å²) in [4.78, 5) is 14.5. The zero-order chi connectivity index (χ0) is 15.8. The lowest BCUT2D eigenvalue weighted by Crippen LogP contribution is -2.20. The lowest BCUT2D eigenvalue weighted by Gasteiger charge is -2.13. The fraction of sp³-hybridized carbons (Fsp3) is 0.316. The number of ether oxygens (including phenoxy) is 1. The first kappa shape index (κ1) is 16.2. The van der Waals surface area contributed by atoms with Gasteiger partial charge >= 0.3 is 0 Å². The van der Waals surface area contributed by atoms with Crippen LogP contribution in [-0.2, 0) is 0 Å². The van der Waals surface area contributed by atoms with E-state index in [1.54, 1.807) is 0 Å². The standard InChI is InChI=1S/C19H23NO2/c1-3-20(2)14-7-15-22-18-12-10-17(11-13-18)19(21)16-8-5-4-6-9-16/h4-6,8-13H,3,7,14-15H2,1-2H3. The molecular formula is C19H23NO2. The van der Waals surface area contributed by atoms with E-state index in [-0.39, 0.29) is 5.78 Å². The Hall–Kier alpha value is -2.13. The van der Waals surface area contributed by atoms with Gasteiger partial charge in [0.05, 0.1) is 6.61 Å². The number of carbonyl (C=O) groups is 1. The van der Waals surface area contributed by atoms with Crippen molar-refractivity contribution in [2.75, 3.05) is 26.7 Å². The molecule has 0 radical (unpaired) electrons. The molecule has 0 heterocycles. The van der Waals surface area contributed by atoms with Crippen molar-refractivity contribution in [2.45, 2.75) is 13.3 Å². The highest BCUT2D eigenvalue weighted by Gasteiger charge is 2.08. The lowest BCUT2D eigenvalue weighted by molar-refractivity contribution is 0.103. The molecule has 0 fully saturated rings. The van der Waals surface area contributed by atoms with Crippen LogP contribution in [0.2, 0.25) is 0 Å². The molecule has 0 aliphatic carbocycles. The second-order valence-electron chi connectivity index (χ2n) is 5.32. The molecule has 0 saturated heterocycles. The zero-order valence-corrected chi connectivity index (χ0v) is 13.3. The number of nitrogens with zero attached hydrogens (tertiary/aromatic N) is 1. The number of benzene rings is 2. The summed E-state index contributed by atoms with van der Waals surface area (Å²) in [5.74, 6) is 0.848. The van der Waals surface area contributed by atoms with Gasteiger partial charge in [0.25, 0.3) is 0 Å². The van der Waals surface area contributed by atoms with Gasteiger partial charge in [0.2, 0.25) is 0 Å². The van der Waals surface area contributed by atoms with Crippen LogP contribution in [0, 0.1) is 0 Å². The maximum absolute atomic E-state index is 12.3. The number of hydrogen-bond donors (Lipinski definition) is 0. The largest absolute Gasteiger partial charge is 0.494 e. The molecule has 3 heteroatoms. The van der Waals surface area contributed by atoms with Gasteiger partial charge in [-0.3, -0.25) is 4.79 Å². The quantitative estimate of drug-likeness (QED) is 0.550. The third-order valence-electron chi connectivity index (χ3n) is 3.65. The Morgan fingerprint density at radius 2 is 1.64 bits per heavy atom. The predicted octanol–water partition coefficient (Wildman–Crippen LogP) is 3.64. The Bertz CT molecular complexity index is 578. The molecule has 0 aliphatic rings. The van der Waals surface area contributed by atoms with Gasteiger partial charge in [0, 0.05) is 17.7 Å². The summed E-state index contributed by atoms with van der Waals surface area (Å²) in [7, 11) is 2.10. The average Bonchev–Trinajstić information content (AvgIpc) is 2.59. The molecule has 3 nitrogen and oxygen atoms in total. The summed E-state index contributed by atoms with van der Waals surface area (Å²) in [6, 6.07) is 16.7. The summed E-state index contributed by atoms with van der Waals surface area (Å²) < 4.78 is 5.70. The monoisotopic (exact) mass is 297 g/mol. The summed E-state index contributed by atoms with van der Waals surface area (Å²) in [6.07, 6.45) is 0.995. The first-order chi connectivity index (χ1) is 10.7. The van der Waals surface area contributed by atoms with E-state index in [4.69, 9.17) is 4.74 Å². The molecule has 0 atom stereocenters. The van der Waals surface area contributed by atoms with Crippen LogP contribution in [0.25, 0.3) is 0 Å². The Kier molecular flexibility index (Phi) is 6.16. The minimum Gasteiger partial charge on any atom is -0.494 e. The van der Waals surface area contributed by atoms with Crippen molar-refractivity contribution in [3.8, 4) is 5.75 Å². The molecule has 2 aromatic rings. The molecular weight excluding hydrogens is 274 g/mol. The van der Waals surface area contributed by atoms with Gasteiger partial charge in [-0.05, 0) is 44.3 Å². The first-order valence-corrected chi connectivity index (χ1v) is 7.72. The van der Waals surface area contributed by atoms with Gasteiger partial charge in [-0.15, -0.1) is 0 Å². The molecule has 0 unspecified atom stereocenters. The Balaban J connectivity index is 1.87. The van der Waals surface area contributed by atoms with E-state index >= 15 is 0 Å². The molecule has 2 rings (SSSR count). The summed E-state index contributed by atoms with van der Waals surface area (Å²) >= 11 is 0. The molecule has 116 valence electrons. The number of rotatable bonds is 8. The smallest absolute Gasteiger partial charge is 0.193 e. The number of ketones is 1. The lowest BCUT2D eigenvalue weighted by atomic mass is 10.0. The van der Waals surface area contributed by atoms with Crippen LogP contribution in [0.15, 0.2) is 54.6 Å². The Labute approximate surface area is 132 Å². The van der Waals surface area contributed by atoms with Crippen molar-refractivity contribution in [3.05, 3.63) is 65.7 Å². The normalized spacial score (nSPS) is 10.7. The third kappa shape index (κ3) is 4.71. The summed E-state index contributed by atoms with van der Waals surface area (Å²) in [6.45, 7) is 4.91. The zero-order valence-electron chi connectivity index (χ0n) is 13.3. The SMILES string of the molecule is CCN(C)CCCOc1ccc(C(=O)c2ccccc2)cc1. The fourth-order valence-corrected chi connectivity index (χ4v) is 2.14. The third-order valence-corrected chi connectivity index (χ3v) is 3.65.